The Hall–Kier alpha value is -0.200. The van der Waals surface area contributed by atoms with Crippen LogP contribution in [0.25, 0.3) is 0 Å². The molecule has 4 N–H and O–H groups in total. The third kappa shape index (κ3) is 4.34. The molecule has 0 aromatic heterocycles. The SMILES string of the molecule is CCC(CO)(CO)COCC(O)CO. The van der Waals surface area contributed by atoms with E-state index in [9.17, 15) is 0 Å². The van der Waals surface area contributed by atoms with Gasteiger partial charge < -0.3 is 25.2 Å². The van der Waals surface area contributed by atoms with Crippen LogP contribution in [0.3, 0.4) is 0 Å². The van der Waals surface area contributed by atoms with Crippen molar-refractivity contribution in [3.63, 3.8) is 0 Å². The topological polar surface area (TPSA) is 90.2 Å². The Bertz CT molecular complexity index is 127. The van der Waals surface area contributed by atoms with Crippen molar-refractivity contribution in [2.75, 3.05) is 33.0 Å². The van der Waals surface area contributed by atoms with Gasteiger partial charge in [0.15, 0.2) is 0 Å². The number of hydrogen-bond donors (Lipinski definition) is 4. The normalized spacial score (nSPS) is 14.4. The number of aliphatic hydroxyl groups excluding tert-OH is 4. The van der Waals surface area contributed by atoms with Crippen molar-refractivity contribution in [1.82, 2.24) is 0 Å². The van der Waals surface area contributed by atoms with Gasteiger partial charge >= 0.3 is 0 Å². The lowest BCUT2D eigenvalue weighted by molar-refractivity contribution is -0.0599. The highest BCUT2D eigenvalue weighted by molar-refractivity contribution is 4.75. The fourth-order valence-electron chi connectivity index (χ4n) is 0.931. The van der Waals surface area contributed by atoms with E-state index in [0.29, 0.717) is 6.42 Å². The second-order valence-electron chi connectivity index (χ2n) is 3.52. The predicted molar refractivity (Wildman–Crippen MR) is 50.8 cm³/mol. The summed E-state index contributed by atoms with van der Waals surface area (Å²) in [7, 11) is 0. The number of aliphatic hydroxyl groups is 4. The van der Waals surface area contributed by atoms with Crippen LogP contribution in [0.15, 0.2) is 0 Å². The highest BCUT2D eigenvalue weighted by atomic mass is 16.5. The van der Waals surface area contributed by atoms with E-state index in [-0.39, 0.29) is 33.0 Å². The number of rotatable bonds is 8. The summed E-state index contributed by atoms with van der Waals surface area (Å²) in [5.74, 6) is 0. The van der Waals surface area contributed by atoms with Crippen LogP contribution in [0, 0.1) is 5.41 Å². The molecule has 0 aromatic carbocycles. The van der Waals surface area contributed by atoms with Crippen LogP contribution in [-0.2, 0) is 4.74 Å². The fraction of sp³-hybridized carbons (Fsp3) is 1.00. The molecule has 0 amide bonds. The zero-order chi connectivity index (χ0) is 11.0. The minimum absolute atomic E-state index is 0.0122. The van der Waals surface area contributed by atoms with Crippen molar-refractivity contribution in [1.29, 1.82) is 0 Å². The third-order valence-electron chi connectivity index (χ3n) is 2.35. The van der Waals surface area contributed by atoms with Crippen LogP contribution in [-0.4, -0.2) is 59.6 Å². The van der Waals surface area contributed by atoms with Gasteiger partial charge in [-0.1, -0.05) is 6.92 Å². The summed E-state index contributed by atoms with van der Waals surface area (Å²) < 4.78 is 5.09. The first kappa shape index (κ1) is 13.8. The minimum Gasteiger partial charge on any atom is -0.396 e. The van der Waals surface area contributed by atoms with E-state index in [4.69, 9.17) is 25.2 Å². The van der Waals surface area contributed by atoms with Gasteiger partial charge in [-0.2, -0.15) is 0 Å². The molecule has 0 fully saturated rings. The van der Waals surface area contributed by atoms with Crippen molar-refractivity contribution in [2.24, 2.45) is 5.41 Å². The Morgan fingerprint density at radius 1 is 1.21 bits per heavy atom. The summed E-state index contributed by atoms with van der Waals surface area (Å²) in [6.45, 7) is 1.37. The van der Waals surface area contributed by atoms with Gasteiger partial charge in [-0.3, -0.25) is 0 Å². The lowest BCUT2D eigenvalue weighted by Gasteiger charge is -2.28. The molecular weight excluding hydrogens is 188 g/mol. The van der Waals surface area contributed by atoms with Crippen molar-refractivity contribution >= 4 is 0 Å². The predicted octanol–water partition coefficient (Wildman–Crippen LogP) is -1.26. The fourth-order valence-corrected chi connectivity index (χ4v) is 0.931. The summed E-state index contributed by atoms with van der Waals surface area (Å²) in [5.41, 5.74) is -0.644. The van der Waals surface area contributed by atoms with Gasteiger partial charge in [0.25, 0.3) is 0 Å². The lowest BCUT2D eigenvalue weighted by atomic mass is 9.88. The summed E-state index contributed by atoms with van der Waals surface area (Å²) in [5, 5.41) is 35.6. The molecule has 0 radical (unpaired) electrons. The molecular formula is C9H20O5. The number of ether oxygens (including phenoxy) is 1. The van der Waals surface area contributed by atoms with Crippen molar-refractivity contribution < 1.29 is 25.2 Å². The van der Waals surface area contributed by atoms with Gasteiger partial charge in [0.05, 0.1) is 33.0 Å². The van der Waals surface area contributed by atoms with Gasteiger partial charge in [0.2, 0.25) is 0 Å². The Balaban J connectivity index is 3.82. The molecule has 0 bridgehead atoms. The van der Waals surface area contributed by atoms with Gasteiger partial charge in [0, 0.05) is 5.41 Å². The first-order valence-corrected chi connectivity index (χ1v) is 4.72. The van der Waals surface area contributed by atoms with Crippen molar-refractivity contribution in [2.45, 2.75) is 19.4 Å². The second kappa shape index (κ2) is 7.14. The maximum atomic E-state index is 9.05. The van der Waals surface area contributed by atoms with Crippen LogP contribution < -0.4 is 0 Å². The first-order valence-electron chi connectivity index (χ1n) is 4.72. The van der Waals surface area contributed by atoms with Gasteiger partial charge in [-0.25, -0.2) is 0 Å². The van der Waals surface area contributed by atoms with E-state index < -0.39 is 11.5 Å². The van der Waals surface area contributed by atoms with E-state index in [1.54, 1.807) is 0 Å². The van der Waals surface area contributed by atoms with E-state index in [2.05, 4.69) is 0 Å². The molecule has 14 heavy (non-hydrogen) atoms. The van der Waals surface area contributed by atoms with Crippen LogP contribution >= 0.6 is 0 Å². The van der Waals surface area contributed by atoms with Gasteiger partial charge in [-0.15, -0.1) is 0 Å². The Labute approximate surface area is 83.9 Å². The Morgan fingerprint density at radius 2 is 1.79 bits per heavy atom. The van der Waals surface area contributed by atoms with E-state index >= 15 is 0 Å². The van der Waals surface area contributed by atoms with Crippen LogP contribution in [0.2, 0.25) is 0 Å². The average Bonchev–Trinajstić information content (AvgIpc) is 2.25. The molecule has 0 aliphatic carbocycles. The molecule has 0 saturated carbocycles. The maximum absolute atomic E-state index is 9.05. The minimum atomic E-state index is -0.901. The molecule has 0 heterocycles. The number of hydrogen-bond acceptors (Lipinski definition) is 5. The highest BCUT2D eigenvalue weighted by Gasteiger charge is 2.27. The van der Waals surface area contributed by atoms with Crippen LogP contribution in [0.4, 0.5) is 0 Å². The van der Waals surface area contributed by atoms with Gasteiger partial charge in [0.1, 0.15) is 6.10 Å². The van der Waals surface area contributed by atoms with Gasteiger partial charge in [-0.05, 0) is 6.42 Å². The smallest absolute Gasteiger partial charge is 0.100 e. The summed E-state index contributed by atoms with van der Waals surface area (Å²) in [6, 6.07) is 0. The molecule has 1 unspecified atom stereocenters. The first-order chi connectivity index (χ1) is 6.64. The molecule has 5 heteroatoms. The molecule has 0 aromatic rings. The van der Waals surface area contributed by atoms with Crippen molar-refractivity contribution in [3.05, 3.63) is 0 Å². The lowest BCUT2D eigenvalue weighted by Crippen LogP contribution is -2.35. The van der Waals surface area contributed by atoms with E-state index in [1.165, 1.54) is 0 Å². The largest absolute Gasteiger partial charge is 0.396 e. The summed E-state index contributed by atoms with van der Waals surface area (Å²) in [6.07, 6.45) is -0.308. The van der Waals surface area contributed by atoms with Crippen LogP contribution in [0.5, 0.6) is 0 Å². The second-order valence-corrected chi connectivity index (χ2v) is 3.52. The zero-order valence-electron chi connectivity index (χ0n) is 8.52. The molecule has 0 aliphatic rings. The molecule has 0 rings (SSSR count). The summed E-state index contributed by atoms with van der Waals surface area (Å²) in [4.78, 5) is 0. The Kier molecular flexibility index (Phi) is 7.04. The molecule has 0 spiro atoms. The quantitative estimate of drug-likeness (QED) is 0.399. The highest BCUT2D eigenvalue weighted by Crippen LogP contribution is 2.20. The monoisotopic (exact) mass is 208 g/mol. The van der Waals surface area contributed by atoms with E-state index in [1.807, 2.05) is 6.92 Å². The molecule has 5 nitrogen and oxygen atoms in total. The Morgan fingerprint density at radius 3 is 2.14 bits per heavy atom. The molecule has 86 valence electrons. The van der Waals surface area contributed by atoms with Crippen LogP contribution in [0.1, 0.15) is 13.3 Å². The average molecular weight is 208 g/mol. The molecule has 0 aliphatic heterocycles. The maximum Gasteiger partial charge on any atom is 0.100 e. The molecule has 0 saturated heterocycles. The standard InChI is InChI=1S/C9H20O5/c1-2-9(5-11,6-12)7-14-4-8(13)3-10/h8,10-13H,2-7H2,1H3. The van der Waals surface area contributed by atoms with Crippen molar-refractivity contribution in [3.8, 4) is 0 Å². The zero-order valence-corrected chi connectivity index (χ0v) is 8.52. The van der Waals surface area contributed by atoms with E-state index in [0.717, 1.165) is 0 Å². The summed E-state index contributed by atoms with van der Waals surface area (Å²) >= 11 is 0. The molecule has 1 atom stereocenters. The third-order valence-corrected chi connectivity index (χ3v) is 2.35.